The smallest absolute Gasteiger partial charge is 0.490 e. The Hall–Kier alpha value is -11.7. The SMILES string of the molecule is CCC(=O)N[C@H]1CC(=O)NCCCCNC(=O)NC(N)=NCCC[C@@H](C(=O)N[C@@H](CC(C)C)C(=O)N[C@@H](CCCN=C(N)N)C(=O)N[C@@H](Cc2ccc(O)cc2)C(N)=O)NC(=O)[C@H](Cc2ccc(O)cc2)NC(=O)[C@H](CCCN=C(N)N)NC1=O.O=C(O)C(F)(F)F.O=C(O)C(F)(F)F.O=C(O)C(F)(F)F. The molecule has 594 valence electrons. The number of nitrogens with zero attached hydrogens (tertiary/aromatic N) is 3. The van der Waals surface area contributed by atoms with E-state index in [4.69, 9.17) is 64.1 Å². The Morgan fingerprint density at radius 3 is 1.56 bits per heavy atom. The van der Waals surface area contributed by atoms with Crippen molar-refractivity contribution in [3.63, 3.8) is 0 Å². The number of nitrogens with two attached hydrogens (primary N) is 6. The number of phenols is 2. The number of halogens is 9. The van der Waals surface area contributed by atoms with Crippen LogP contribution >= 0.6 is 0 Å². The summed E-state index contributed by atoms with van der Waals surface area (Å²) in [5.41, 5.74) is 34.8. The van der Waals surface area contributed by atoms with E-state index in [1.54, 1.807) is 13.8 Å². The maximum absolute atomic E-state index is 14.8. The van der Waals surface area contributed by atoms with Gasteiger partial charge in [-0.05, 0) is 99.1 Å². The molecule has 0 bridgehead atoms. The number of carboxylic acids is 3. The van der Waals surface area contributed by atoms with Crippen molar-refractivity contribution >= 4 is 95.0 Å². The van der Waals surface area contributed by atoms with Gasteiger partial charge in [0.1, 0.15) is 53.8 Å². The molecule has 0 saturated heterocycles. The summed E-state index contributed by atoms with van der Waals surface area (Å²) in [6.45, 7) is 5.31. The molecule has 0 fully saturated rings. The lowest BCUT2D eigenvalue weighted by atomic mass is 10.00. The van der Waals surface area contributed by atoms with E-state index < -0.39 is 144 Å². The third-order valence-electron chi connectivity index (χ3n) is 13.7. The number of primary amides is 1. The fourth-order valence-electron chi connectivity index (χ4n) is 8.46. The molecule has 1 heterocycles. The van der Waals surface area contributed by atoms with E-state index >= 15 is 0 Å². The highest BCUT2D eigenvalue weighted by Crippen LogP contribution is 2.18. The van der Waals surface area contributed by atoms with Gasteiger partial charge in [0.05, 0.1) is 6.42 Å². The molecule has 0 spiro atoms. The molecule has 0 aromatic heterocycles. The summed E-state index contributed by atoms with van der Waals surface area (Å²) in [6.07, 6.45) is -15.5. The van der Waals surface area contributed by atoms with Crippen LogP contribution in [0.4, 0.5) is 44.3 Å². The summed E-state index contributed by atoms with van der Waals surface area (Å²) in [6, 6.07) is 0.861. The largest absolute Gasteiger partial charge is 0.508 e. The number of benzene rings is 2. The number of aliphatic imine (C=N–C) groups is 3. The van der Waals surface area contributed by atoms with Gasteiger partial charge < -0.3 is 108 Å². The number of aromatic hydroxyl groups is 2. The molecule has 3 rings (SSSR count). The molecule has 1 aliphatic rings. The Kier molecular flexibility index (Phi) is 42.3. The van der Waals surface area contributed by atoms with E-state index in [1.807, 2.05) is 0 Å². The molecule has 2 aromatic carbocycles. The third-order valence-corrected chi connectivity index (χ3v) is 13.7. The van der Waals surface area contributed by atoms with Gasteiger partial charge in [0, 0.05) is 52.0 Å². The van der Waals surface area contributed by atoms with E-state index in [-0.39, 0.29) is 132 Å². The number of phenolic OH excluding ortho intramolecular Hbond substituents is 2. The molecule has 37 nitrogen and oxygen atoms in total. The molecule has 1 aliphatic heterocycles. The number of urea groups is 1. The van der Waals surface area contributed by atoms with Gasteiger partial charge >= 0.3 is 42.5 Å². The number of alkyl halides is 9. The summed E-state index contributed by atoms with van der Waals surface area (Å²) >= 11 is 0. The molecule has 0 aliphatic carbocycles. The summed E-state index contributed by atoms with van der Waals surface area (Å²) < 4.78 is 95.2. The summed E-state index contributed by atoms with van der Waals surface area (Å²) in [5.74, 6) is -16.9. The molecular formula is C60H88F9N19O18. The first-order valence-corrected chi connectivity index (χ1v) is 31.8. The minimum absolute atomic E-state index is 0.00495. The molecule has 7 atom stereocenters. The van der Waals surface area contributed by atoms with Crippen LogP contribution in [-0.4, -0.2) is 214 Å². The lowest BCUT2D eigenvalue weighted by molar-refractivity contribution is -0.193. The van der Waals surface area contributed by atoms with Crippen molar-refractivity contribution in [2.24, 2.45) is 55.3 Å². The van der Waals surface area contributed by atoms with Crippen LogP contribution in [-0.2, 0) is 70.4 Å². The first kappa shape index (κ1) is 94.3. The van der Waals surface area contributed by atoms with Crippen LogP contribution < -0.4 is 87.6 Å². The van der Waals surface area contributed by atoms with Crippen LogP contribution in [0.1, 0.15) is 103 Å². The van der Waals surface area contributed by atoms with Crippen molar-refractivity contribution in [3.8, 4) is 11.5 Å². The zero-order valence-corrected chi connectivity index (χ0v) is 57.2. The normalized spacial score (nSPS) is 17.5. The van der Waals surface area contributed by atoms with Crippen LogP contribution in [0.3, 0.4) is 0 Å². The number of hydrogen-bond acceptors (Lipinski definition) is 19. The van der Waals surface area contributed by atoms with Crippen molar-refractivity contribution < 1.29 is 127 Å². The van der Waals surface area contributed by atoms with Gasteiger partial charge in [-0.1, -0.05) is 45.0 Å². The second kappa shape index (κ2) is 47.6. The average Bonchev–Trinajstić information content (AvgIpc) is 0.856. The van der Waals surface area contributed by atoms with Crippen LogP contribution in [0.2, 0.25) is 0 Å². The molecular weight excluding hydrogens is 1450 g/mol. The van der Waals surface area contributed by atoms with Gasteiger partial charge in [-0.2, -0.15) is 39.5 Å². The first-order valence-electron chi connectivity index (χ1n) is 31.8. The monoisotopic (exact) mass is 1530 g/mol. The van der Waals surface area contributed by atoms with E-state index in [1.165, 1.54) is 55.5 Å². The number of amides is 11. The number of aliphatic carboxylic acids is 3. The fraction of sp³-hybridized carbons (Fsp3) is 0.533. The zero-order chi connectivity index (χ0) is 81.2. The van der Waals surface area contributed by atoms with Crippen molar-refractivity contribution in [2.75, 3.05) is 32.7 Å². The van der Waals surface area contributed by atoms with Gasteiger partial charge in [-0.3, -0.25) is 63.4 Å². The Morgan fingerprint density at radius 2 is 1.08 bits per heavy atom. The number of rotatable bonds is 23. The topological polar surface area (TPSA) is 637 Å². The molecule has 46 heteroatoms. The van der Waals surface area contributed by atoms with Crippen LogP contribution in [0.5, 0.6) is 11.5 Å². The van der Waals surface area contributed by atoms with Crippen molar-refractivity contribution in [2.45, 2.75) is 165 Å². The molecule has 0 radical (unpaired) electrons. The van der Waals surface area contributed by atoms with Crippen molar-refractivity contribution in [1.82, 2.24) is 53.2 Å². The minimum atomic E-state index is -5.08. The number of carboxylic acid groups (broad SMARTS) is 3. The summed E-state index contributed by atoms with van der Waals surface area (Å²) in [7, 11) is 0. The number of guanidine groups is 3. The Balaban J connectivity index is 0.00000454. The van der Waals surface area contributed by atoms with Gasteiger partial charge in [-0.15, -0.1) is 0 Å². The predicted molar refractivity (Wildman–Crippen MR) is 356 cm³/mol. The Labute approximate surface area is 598 Å². The molecule has 106 heavy (non-hydrogen) atoms. The molecule has 11 amide bonds. The maximum Gasteiger partial charge on any atom is 0.490 e. The predicted octanol–water partition coefficient (Wildman–Crippen LogP) is -2.08. The molecule has 2 aromatic rings. The Bertz CT molecular complexity index is 3280. The van der Waals surface area contributed by atoms with Crippen LogP contribution in [0, 0.1) is 5.92 Å². The highest BCUT2D eigenvalue weighted by molar-refractivity contribution is 5.99. The van der Waals surface area contributed by atoms with Gasteiger partial charge in [0.2, 0.25) is 53.2 Å². The number of carbonyl (C=O) groups is 13. The van der Waals surface area contributed by atoms with Gasteiger partial charge in [0.15, 0.2) is 17.9 Å². The lowest BCUT2D eigenvalue weighted by Crippen LogP contribution is -2.60. The fourth-order valence-corrected chi connectivity index (χ4v) is 8.46. The zero-order valence-electron chi connectivity index (χ0n) is 57.2. The molecule has 27 N–H and O–H groups in total. The van der Waals surface area contributed by atoms with Gasteiger partial charge in [-0.25, -0.2) is 19.2 Å². The van der Waals surface area contributed by atoms with E-state index in [2.05, 4.69) is 68.1 Å². The van der Waals surface area contributed by atoms with Crippen LogP contribution in [0.25, 0.3) is 0 Å². The number of nitrogens with one attached hydrogen (secondary N) is 10. The standard InChI is InChI=1S/C54H85N19O12.3C2HF3O2/c1-4-42(76)66-41-29-43(77)61-21-5-6-22-65-54(85)73-53(60)64-25-9-12-37(68-49(83)40(28-32-15-19-34(75)20-16-32)72-47(81)36(69-50(41)84)11-8-24-63-52(58)59)46(80)71-39(26-30(2)3)48(82)67-35(10-7-23-62-51(56)57)45(79)70-38(44(55)78)27-31-13-17-33(74)18-14-31;3*3-2(4,5)1(6)7/h13-20,30,35-41,74-75H,4-12,21-29H2,1-3H3,(H2,55,78)(H,61,77)(H,66,76)(H,67,82)(H,68,83)(H,69,84)(H,70,79)(H,71,80)(H,72,81)(H4,56,57,62)(H4,58,59,63)(H4,60,64,65,73,85);3*(H,6,7)/t35-,36-,37-,38-,39-,40-,41-;;;/m0.../s1. The summed E-state index contributed by atoms with van der Waals surface area (Å²) in [5, 5.41) is 67.4. The summed E-state index contributed by atoms with van der Waals surface area (Å²) in [4.78, 5) is 177. The number of hydrogen-bond donors (Lipinski definition) is 21. The second-order valence-corrected chi connectivity index (χ2v) is 23.0. The highest BCUT2D eigenvalue weighted by Gasteiger charge is 2.40. The average molecular weight is 1530 g/mol. The third kappa shape index (κ3) is 42.7. The minimum Gasteiger partial charge on any atom is -0.508 e. The molecule has 0 saturated carbocycles. The highest BCUT2D eigenvalue weighted by atomic mass is 19.4. The first-order chi connectivity index (χ1) is 49.2. The van der Waals surface area contributed by atoms with E-state index in [0.717, 1.165) is 0 Å². The van der Waals surface area contributed by atoms with Gasteiger partial charge in [0.25, 0.3) is 0 Å². The van der Waals surface area contributed by atoms with Crippen molar-refractivity contribution in [1.29, 1.82) is 0 Å². The Morgan fingerprint density at radius 1 is 0.613 bits per heavy atom. The molecule has 0 unspecified atom stereocenters. The second-order valence-electron chi connectivity index (χ2n) is 23.0. The quantitative estimate of drug-likeness (QED) is 0.0246. The lowest BCUT2D eigenvalue weighted by Gasteiger charge is -2.28. The van der Waals surface area contributed by atoms with E-state index in [0.29, 0.717) is 24.0 Å². The van der Waals surface area contributed by atoms with Crippen LogP contribution in [0.15, 0.2) is 63.5 Å². The van der Waals surface area contributed by atoms with E-state index in [9.17, 15) is 97.7 Å². The number of carbonyl (C=O) groups excluding carboxylic acids is 10. The maximum atomic E-state index is 14.8. The van der Waals surface area contributed by atoms with Crippen molar-refractivity contribution in [3.05, 3.63) is 59.7 Å².